The van der Waals surface area contributed by atoms with Gasteiger partial charge in [-0.3, -0.25) is 14.9 Å². The maximum absolute atomic E-state index is 12.6. The number of nitro groups is 1. The maximum Gasteiger partial charge on any atom is 0.269 e. The van der Waals surface area contributed by atoms with Gasteiger partial charge in [0.15, 0.2) is 0 Å². The second-order valence-electron chi connectivity index (χ2n) is 4.64. The van der Waals surface area contributed by atoms with Crippen LogP contribution in [0.1, 0.15) is 22.8 Å². The summed E-state index contributed by atoms with van der Waals surface area (Å²) in [4.78, 5) is 24.4. The van der Waals surface area contributed by atoms with Crippen LogP contribution in [0.3, 0.4) is 0 Å². The van der Waals surface area contributed by atoms with Crippen LogP contribution in [0.5, 0.6) is 0 Å². The second-order valence-corrected chi connectivity index (χ2v) is 4.64. The van der Waals surface area contributed by atoms with Crippen LogP contribution in [-0.2, 0) is 0 Å². The zero-order chi connectivity index (χ0) is 15.4. The number of carbonyl (C=O) groups is 1. The summed E-state index contributed by atoms with van der Waals surface area (Å²) in [7, 11) is 0. The molecule has 0 spiro atoms. The van der Waals surface area contributed by atoms with Crippen molar-refractivity contribution in [3.8, 4) is 0 Å². The minimum absolute atomic E-state index is 0.0227. The van der Waals surface area contributed by atoms with E-state index in [9.17, 15) is 14.9 Å². The number of rotatable bonds is 4. The fraction of sp³-hybridized carbons (Fsp3) is 0.188. The maximum atomic E-state index is 12.6. The number of non-ortho nitro benzene ring substituents is 1. The minimum atomic E-state index is -0.479. The summed E-state index contributed by atoms with van der Waals surface area (Å²) in [6, 6.07) is 13.3. The monoisotopic (exact) mass is 284 g/mol. The lowest BCUT2D eigenvalue weighted by Crippen LogP contribution is -2.31. The highest BCUT2D eigenvalue weighted by Gasteiger charge is 2.18. The molecule has 1 amide bonds. The first-order valence-electron chi connectivity index (χ1n) is 6.66. The molecule has 2 aromatic rings. The Balaban J connectivity index is 2.32. The van der Waals surface area contributed by atoms with E-state index in [0.717, 1.165) is 11.3 Å². The van der Waals surface area contributed by atoms with E-state index in [2.05, 4.69) is 0 Å². The molecule has 0 aromatic heterocycles. The lowest BCUT2D eigenvalue weighted by atomic mass is 10.1. The third-order valence-electron chi connectivity index (χ3n) is 3.29. The van der Waals surface area contributed by atoms with Gasteiger partial charge >= 0.3 is 0 Å². The molecule has 0 saturated carbocycles. The first-order chi connectivity index (χ1) is 10.0. The molecule has 0 radical (unpaired) electrons. The number of hydrogen-bond acceptors (Lipinski definition) is 3. The Morgan fingerprint density at radius 1 is 1.14 bits per heavy atom. The molecule has 5 heteroatoms. The Hall–Kier alpha value is -2.69. The molecule has 0 N–H and O–H groups in total. The summed E-state index contributed by atoms with van der Waals surface area (Å²) in [5, 5.41) is 10.6. The first-order valence-corrected chi connectivity index (χ1v) is 6.66. The molecule has 0 bridgehead atoms. The Bertz CT molecular complexity index is 665. The smallest absolute Gasteiger partial charge is 0.269 e. The summed E-state index contributed by atoms with van der Waals surface area (Å²) in [5.41, 5.74) is 2.27. The standard InChI is InChI=1S/C16H16N2O3/c1-3-17(15-7-5-4-6-12(15)2)16(19)13-8-10-14(11-9-13)18(20)21/h4-11H,3H2,1-2H3. The van der Waals surface area contributed by atoms with Gasteiger partial charge < -0.3 is 4.90 Å². The summed E-state index contributed by atoms with van der Waals surface area (Å²) in [6.07, 6.45) is 0. The molecule has 0 saturated heterocycles. The van der Waals surface area contributed by atoms with E-state index >= 15 is 0 Å². The van der Waals surface area contributed by atoms with Crippen LogP contribution in [0.25, 0.3) is 0 Å². The number of para-hydroxylation sites is 1. The molecule has 108 valence electrons. The molecular formula is C16H16N2O3. The zero-order valence-electron chi connectivity index (χ0n) is 11.9. The van der Waals surface area contributed by atoms with Crippen LogP contribution in [0, 0.1) is 17.0 Å². The van der Waals surface area contributed by atoms with Gasteiger partial charge in [-0.25, -0.2) is 0 Å². The third-order valence-corrected chi connectivity index (χ3v) is 3.29. The van der Waals surface area contributed by atoms with Gasteiger partial charge in [0.25, 0.3) is 11.6 Å². The molecule has 0 fully saturated rings. The molecule has 0 atom stereocenters. The van der Waals surface area contributed by atoms with Crippen molar-refractivity contribution in [2.75, 3.05) is 11.4 Å². The molecule has 0 aliphatic heterocycles. The van der Waals surface area contributed by atoms with Crippen LogP contribution in [0.2, 0.25) is 0 Å². The minimum Gasteiger partial charge on any atom is -0.308 e. The van der Waals surface area contributed by atoms with Crippen molar-refractivity contribution in [1.29, 1.82) is 0 Å². The van der Waals surface area contributed by atoms with Crippen LogP contribution in [-0.4, -0.2) is 17.4 Å². The normalized spacial score (nSPS) is 10.2. The lowest BCUT2D eigenvalue weighted by molar-refractivity contribution is -0.384. The van der Waals surface area contributed by atoms with Gasteiger partial charge in [0.05, 0.1) is 4.92 Å². The van der Waals surface area contributed by atoms with Crippen molar-refractivity contribution in [3.05, 3.63) is 69.8 Å². The Morgan fingerprint density at radius 2 is 1.76 bits per heavy atom. The third kappa shape index (κ3) is 3.08. The van der Waals surface area contributed by atoms with E-state index in [1.165, 1.54) is 24.3 Å². The van der Waals surface area contributed by atoms with E-state index < -0.39 is 4.92 Å². The SMILES string of the molecule is CCN(C(=O)c1ccc([N+](=O)[O-])cc1)c1ccccc1C. The van der Waals surface area contributed by atoms with Crippen LogP contribution in [0.4, 0.5) is 11.4 Å². The predicted molar refractivity (Wildman–Crippen MR) is 81.6 cm³/mol. The molecule has 0 aliphatic rings. The molecule has 5 nitrogen and oxygen atoms in total. The molecule has 0 unspecified atom stereocenters. The average molecular weight is 284 g/mol. The van der Waals surface area contributed by atoms with E-state index in [1.807, 2.05) is 38.1 Å². The van der Waals surface area contributed by atoms with Crippen molar-refractivity contribution in [2.24, 2.45) is 0 Å². The van der Waals surface area contributed by atoms with E-state index in [4.69, 9.17) is 0 Å². The zero-order valence-corrected chi connectivity index (χ0v) is 11.9. The van der Waals surface area contributed by atoms with E-state index in [-0.39, 0.29) is 11.6 Å². The first kappa shape index (κ1) is 14.7. The number of hydrogen-bond donors (Lipinski definition) is 0. The molecule has 2 rings (SSSR count). The van der Waals surface area contributed by atoms with Gasteiger partial charge in [-0.1, -0.05) is 18.2 Å². The van der Waals surface area contributed by atoms with Crippen LogP contribution in [0.15, 0.2) is 48.5 Å². The summed E-state index contributed by atoms with van der Waals surface area (Å²) >= 11 is 0. The van der Waals surface area contributed by atoms with Crippen molar-refractivity contribution in [2.45, 2.75) is 13.8 Å². The largest absolute Gasteiger partial charge is 0.308 e. The van der Waals surface area contributed by atoms with Crippen LogP contribution >= 0.6 is 0 Å². The van der Waals surface area contributed by atoms with Crippen LogP contribution < -0.4 is 4.90 Å². The summed E-state index contributed by atoms with van der Waals surface area (Å²) < 4.78 is 0. The van der Waals surface area contributed by atoms with Crippen molar-refractivity contribution in [1.82, 2.24) is 0 Å². The topological polar surface area (TPSA) is 63.5 Å². The number of carbonyl (C=O) groups excluding carboxylic acids is 1. The van der Waals surface area contributed by atoms with E-state index in [1.54, 1.807) is 4.90 Å². The van der Waals surface area contributed by atoms with Gasteiger partial charge in [-0.05, 0) is 37.6 Å². The number of nitro benzene ring substituents is 1. The van der Waals surface area contributed by atoms with Gasteiger partial charge in [0.2, 0.25) is 0 Å². The molecule has 0 heterocycles. The highest BCUT2D eigenvalue weighted by Crippen LogP contribution is 2.22. The predicted octanol–water partition coefficient (Wildman–Crippen LogP) is 3.57. The van der Waals surface area contributed by atoms with Gasteiger partial charge in [-0.2, -0.15) is 0 Å². The Labute approximate surface area is 123 Å². The molecule has 0 aliphatic carbocycles. The van der Waals surface area contributed by atoms with Gasteiger partial charge in [0.1, 0.15) is 0 Å². The highest BCUT2D eigenvalue weighted by molar-refractivity contribution is 6.06. The van der Waals surface area contributed by atoms with Crippen molar-refractivity contribution in [3.63, 3.8) is 0 Å². The quantitative estimate of drug-likeness (QED) is 0.637. The van der Waals surface area contributed by atoms with Gasteiger partial charge in [0, 0.05) is 29.9 Å². The molecule has 21 heavy (non-hydrogen) atoms. The average Bonchev–Trinajstić information content (AvgIpc) is 2.50. The van der Waals surface area contributed by atoms with Crippen molar-refractivity contribution >= 4 is 17.3 Å². The Kier molecular flexibility index (Phi) is 4.33. The second kappa shape index (κ2) is 6.17. The van der Waals surface area contributed by atoms with Gasteiger partial charge in [-0.15, -0.1) is 0 Å². The summed E-state index contributed by atoms with van der Waals surface area (Å²) in [6.45, 7) is 4.37. The number of nitrogens with zero attached hydrogens (tertiary/aromatic N) is 2. The highest BCUT2D eigenvalue weighted by atomic mass is 16.6. The number of amides is 1. The number of aryl methyl sites for hydroxylation is 1. The molecular weight excluding hydrogens is 268 g/mol. The lowest BCUT2D eigenvalue weighted by Gasteiger charge is -2.23. The van der Waals surface area contributed by atoms with Crippen molar-refractivity contribution < 1.29 is 9.72 Å². The molecule has 2 aromatic carbocycles. The number of anilines is 1. The van der Waals surface area contributed by atoms with E-state index in [0.29, 0.717) is 12.1 Å². The number of benzene rings is 2. The summed E-state index contributed by atoms with van der Waals surface area (Å²) in [5.74, 6) is -0.165. The Morgan fingerprint density at radius 3 is 2.29 bits per heavy atom. The fourth-order valence-electron chi connectivity index (χ4n) is 2.17. The fourth-order valence-corrected chi connectivity index (χ4v) is 2.17.